The summed E-state index contributed by atoms with van der Waals surface area (Å²) in [6, 6.07) is -0.402. The summed E-state index contributed by atoms with van der Waals surface area (Å²) in [4.78, 5) is 23.7. The molecule has 0 aliphatic heterocycles. The van der Waals surface area contributed by atoms with Crippen LogP contribution in [0.5, 0.6) is 0 Å². The fourth-order valence-electron chi connectivity index (χ4n) is 2.24. The molecule has 1 atom stereocenters. The molecule has 1 radical (unpaired) electrons. The van der Waals surface area contributed by atoms with E-state index in [0.717, 1.165) is 25.7 Å². The van der Waals surface area contributed by atoms with Crippen molar-refractivity contribution in [3.05, 3.63) is 0 Å². The first-order valence-corrected chi connectivity index (χ1v) is 5.54. The molecular formula is C11H19N2O2. The average molecular weight is 211 g/mol. The molecular weight excluding hydrogens is 192 g/mol. The highest BCUT2D eigenvalue weighted by atomic mass is 16.2. The van der Waals surface area contributed by atoms with Gasteiger partial charge in [-0.2, -0.15) is 0 Å². The summed E-state index contributed by atoms with van der Waals surface area (Å²) in [6.45, 7) is -0.0403. The number of hydrogen-bond donors (Lipinski definition) is 1. The number of rotatable bonds is 4. The topological polar surface area (TPSA) is 63.4 Å². The third kappa shape index (κ3) is 3.02. The summed E-state index contributed by atoms with van der Waals surface area (Å²) in [5.41, 5.74) is 5.27. The van der Waals surface area contributed by atoms with Crippen LogP contribution in [-0.4, -0.2) is 36.7 Å². The quantitative estimate of drug-likeness (QED) is 0.735. The van der Waals surface area contributed by atoms with Gasteiger partial charge < -0.3 is 10.6 Å². The molecule has 85 valence electrons. The minimum atomic E-state index is -0.402. The molecule has 1 rings (SSSR count). The second kappa shape index (κ2) is 5.85. The van der Waals surface area contributed by atoms with Crippen LogP contribution in [0.3, 0.4) is 0 Å². The van der Waals surface area contributed by atoms with Gasteiger partial charge in [0.2, 0.25) is 12.2 Å². The normalized spacial score (nSPS) is 19.6. The van der Waals surface area contributed by atoms with Gasteiger partial charge in [-0.05, 0) is 18.8 Å². The van der Waals surface area contributed by atoms with Crippen molar-refractivity contribution in [3.8, 4) is 0 Å². The molecule has 0 saturated heterocycles. The van der Waals surface area contributed by atoms with E-state index >= 15 is 0 Å². The third-order valence-electron chi connectivity index (χ3n) is 3.20. The SMILES string of the molecule is CN(C(=O)CN)[C@H]([C]=O)C1CCCCC1. The van der Waals surface area contributed by atoms with Crippen molar-refractivity contribution in [1.82, 2.24) is 4.90 Å². The highest BCUT2D eigenvalue weighted by Gasteiger charge is 2.29. The van der Waals surface area contributed by atoms with Crippen molar-refractivity contribution in [2.24, 2.45) is 11.7 Å². The van der Waals surface area contributed by atoms with E-state index in [9.17, 15) is 9.59 Å². The van der Waals surface area contributed by atoms with Crippen LogP contribution in [0.4, 0.5) is 0 Å². The minimum Gasteiger partial charge on any atom is -0.334 e. The van der Waals surface area contributed by atoms with E-state index in [4.69, 9.17) is 5.73 Å². The van der Waals surface area contributed by atoms with Crippen molar-refractivity contribution in [1.29, 1.82) is 0 Å². The van der Waals surface area contributed by atoms with Crippen LogP contribution < -0.4 is 5.73 Å². The van der Waals surface area contributed by atoms with Crippen LogP contribution in [-0.2, 0) is 9.59 Å². The third-order valence-corrected chi connectivity index (χ3v) is 3.20. The van der Waals surface area contributed by atoms with Gasteiger partial charge >= 0.3 is 0 Å². The molecule has 0 spiro atoms. The van der Waals surface area contributed by atoms with E-state index in [-0.39, 0.29) is 18.4 Å². The Hall–Kier alpha value is -0.900. The van der Waals surface area contributed by atoms with Gasteiger partial charge in [0.05, 0.1) is 6.54 Å². The Kier molecular flexibility index (Phi) is 4.75. The van der Waals surface area contributed by atoms with Gasteiger partial charge in [0, 0.05) is 7.05 Å². The fraction of sp³-hybridized carbons (Fsp3) is 0.818. The first-order valence-electron chi connectivity index (χ1n) is 5.54. The van der Waals surface area contributed by atoms with Crippen LogP contribution in [0, 0.1) is 5.92 Å². The van der Waals surface area contributed by atoms with Gasteiger partial charge in [-0.1, -0.05) is 19.3 Å². The zero-order chi connectivity index (χ0) is 11.3. The monoisotopic (exact) mass is 211 g/mol. The Morgan fingerprint density at radius 1 is 1.47 bits per heavy atom. The summed E-state index contributed by atoms with van der Waals surface area (Å²) in [5.74, 6) is 0.0886. The maximum absolute atomic E-state index is 11.4. The lowest BCUT2D eigenvalue weighted by Gasteiger charge is -2.32. The van der Waals surface area contributed by atoms with Crippen molar-refractivity contribution >= 4 is 12.2 Å². The molecule has 2 N–H and O–H groups in total. The Balaban J connectivity index is 2.60. The van der Waals surface area contributed by atoms with Crippen molar-refractivity contribution in [3.63, 3.8) is 0 Å². The molecule has 0 aromatic heterocycles. The Bertz CT molecular complexity index is 225. The van der Waals surface area contributed by atoms with Crippen molar-refractivity contribution < 1.29 is 9.59 Å². The predicted molar refractivity (Wildman–Crippen MR) is 57.9 cm³/mol. The van der Waals surface area contributed by atoms with Crippen LogP contribution in [0.25, 0.3) is 0 Å². The number of nitrogens with two attached hydrogens (primary N) is 1. The molecule has 0 aromatic rings. The van der Waals surface area contributed by atoms with E-state index < -0.39 is 6.04 Å². The van der Waals surface area contributed by atoms with E-state index in [2.05, 4.69) is 0 Å². The van der Waals surface area contributed by atoms with Gasteiger partial charge in [0.25, 0.3) is 0 Å². The second-order valence-corrected chi connectivity index (χ2v) is 4.17. The Morgan fingerprint density at radius 2 is 2.07 bits per heavy atom. The summed E-state index contributed by atoms with van der Waals surface area (Å²) >= 11 is 0. The molecule has 1 amide bonds. The highest BCUT2D eigenvalue weighted by molar-refractivity contribution is 5.81. The fourth-order valence-corrected chi connectivity index (χ4v) is 2.24. The number of nitrogens with zero attached hydrogens (tertiary/aromatic N) is 1. The number of carbonyl (C=O) groups excluding carboxylic acids is 2. The van der Waals surface area contributed by atoms with Crippen LogP contribution in [0.2, 0.25) is 0 Å². The van der Waals surface area contributed by atoms with E-state index in [1.54, 1.807) is 7.05 Å². The van der Waals surface area contributed by atoms with Crippen LogP contribution in [0.1, 0.15) is 32.1 Å². The maximum atomic E-state index is 11.4. The zero-order valence-corrected chi connectivity index (χ0v) is 9.24. The van der Waals surface area contributed by atoms with Gasteiger partial charge in [-0.15, -0.1) is 0 Å². The lowest BCUT2D eigenvalue weighted by molar-refractivity contribution is -0.130. The molecule has 0 heterocycles. The first kappa shape index (κ1) is 12.2. The summed E-state index contributed by atoms with van der Waals surface area (Å²) in [7, 11) is 1.64. The summed E-state index contributed by atoms with van der Waals surface area (Å²) < 4.78 is 0. The molecule has 0 unspecified atom stereocenters. The van der Waals surface area contributed by atoms with Crippen molar-refractivity contribution in [2.45, 2.75) is 38.1 Å². The predicted octanol–water partition coefficient (Wildman–Crippen LogP) is 0.462. The highest BCUT2D eigenvalue weighted by Crippen LogP contribution is 2.27. The Morgan fingerprint density at radius 3 is 2.53 bits per heavy atom. The molecule has 1 fully saturated rings. The largest absolute Gasteiger partial charge is 0.334 e. The number of carbonyl (C=O) groups is 1. The number of hydrogen-bond acceptors (Lipinski definition) is 3. The average Bonchev–Trinajstić information content (AvgIpc) is 2.30. The first-order chi connectivity index (χ1) is 7.20. The molecule has 0 aromatic carbocycles. The maximum Gasteiger partial charge on any atom is 0.236 e. The van der Waals surface area contributed by atoms with Crippen LogP contribution in [0.15, 0.2) is 0 Å². The molecule has 1 saturated carbocycles. The minimum absolute atomic E-state index is 0.0403. The molecule has 1 aliphatic rings. The number of likely N-dealkylation sites (N-methyl/N-ethyl adjacent to an activating group) is 1. The zero-order valence-electron chi connectivity index (χ0n) is 9.24. The van der Waals surface area contributed by atoms with Crippen molar-refractivity contribution in [2.75, 3.05) is 13.6 Å². The molecule has 4 nitrogen and oxygen atoms in total. The molecule has 1 aliphatic carbocycles. The second-order valence-electron chi connectivity index (χ2n) is 4.17. The lowest BCUT2D eigenvalue weighted by atomic mass is 9.84. The molecule has 0 bridgehead atoms. The Labute approximate surface area is 90.8 Å². The van der Waals surface area contributed by atoms with Gasteiger partial charge in [-0.3, -0.25) is 9.59 Å². The smallest absolute Gasteiger partial charge is 0.236 e. The van der Waals surface area contributed by atoms with E-state index in [0.29, 0.717) is 0 Å². The van der Waals surface area contributed by atoms with Gasteiger partial charge in [0.1, 0.15) is 6.04 Å². The standard InChI is InChI=1S/C11H19N2O2/c1-13(11(15)7-12)10(8-14)9-5-3-2-4-6-9/h9-10H,2-7,12H2,1H3/t10-/m1/s1. The van der Waals surface area contributed by atoms with Gasteiger partial charge in [0.15, 0.2) is 0 Å². The van der Waals surface area contributed by atoms with E-state index in [1.165, 1.54) is 11.3 Å². The number of amides is 1. The van der Waals surface area contributed by atoms with E-state index in [1.807, 2.05) is 6.29 Å². The lowest BCUT2D eigenvalue weighted by Crippen LogP contribution is -2.46. The summed E-state index contributed by atoms with van der Waals surface area (Å²) in [6.07, 6.45) is 7.54. The molecule has 4 heteroatoms. The molecule has 15 heavy (non-hydrogen) atoms. The summed E-state index contributed by atoms with van der Waals surface area (Å²) in [5, 5.41) is 0. The van der Waals surface area contributed by atoms with Crippen LogP contribution >= 0.6 is 0 Å². The van der Waals surface area contributed by atoms with Gasteiger partial charge in [-0.25, -0.2) is 0 Å².